The first kappa shape index (κ1) is 19.0. The summed E-state index contributed by atoms with van der Waals surface area (Å²) in [6, 6.07) is 22.8. The van der Waals surface area contributed by atoms with Gasteiger partial charge in [0, 0.05) is 12.1 Å². The van der Waals surface area contributed by atoms with Crippen LogP contribution in [0.2, 0.25) is 0 Å². The van der Waals surface area contributed by atoms with Crippen LogP contribution < -0.4 is 15.2 Å². The van der Waals surface area contributed by atoms with E-state index in [1.807, 2.05) is 54.6 Å². The summed E-state index contributed by atoms with van der Waals surface area (Å²) in [6.07, 6.45) is 1.62. The van der Waals surface area contributed by atoms with Gasteiger partial charge in [-0.25, -0.2) is 8.42 Å². The van der Waals surface area contributed by atoms with Gasteiger partial charge in [0.15, 0.2) is 0 Å². The quantitative estimate of drug-likeness (QED) is 0.634. The molecule has 0 aromatic heterocycles. The van der Waals surface area contributed by atoms with Gasteiger partial charge in [0.1, 0.15) is 0 Å². The van der Waals surface area contributed by atoms with Crippen molar-refractivity contribution in [3.63, 3.8) is 0 Å². The van der Waals surface area contributed by atoms with Crippen LogP contribution in [0.4, 0.5) is 11.4 Å². The van der Waals surface area contributed by atoms with Gasteiger partial charge >= 0.3 is 0 Å². The highest BCUT2D eigenvalue weighted by molar-refractivity contribution is 7.92. The number of sulfonamides is 1. The van der Waals surface area contributed by atoms with Crippen LogP contribution in [0.25, 0.3) is 0 Å². The van der Waals surface area contributed by atoms with Crippen molar-refractivity contribution < 1.29 is 13.2 Å². The molecule has 3 aromatic carbocycles. The molecule has 0 saturated heterocycles. The van der Waals surface area contributed by atoms with E-state index in [1.165, 1.54) is 16.4 Å². The molecule has 0 aliphatic carbocycles. The second-order valence-corrected chi connectivity index (χ2v) is 8.64. The standard InChI is InChI=1S/C22H21N3O3S/c26-22(24-23-19-11-2-1-3-12-19)18-9-6-13-20(16-18)29(27,28)25-15-7-10-17-8-4-5-14-21(17)25/h1-6,8-9,11-14,16,23H,7,10,15H2,(H,24,26). The number of rotatable bonds is 5. The molecule has 6 nitrogen and oxygen atoms in total. The van der Waals surface area contributed by atoms with Gasteiger partial charge in [-0.05, 0) is 54.8 Å². The number of carbonyl (C=O) groups is 1. The summed E-state index contributed by atoms with van der Waals surface area (Å²) in [5, 5.41) is 0. The lowest BCUT2D eigenvalue weighted by Gasteiger charge is -2.30. The fraction of sp³-hybridized carbons (Fsp3) is 0.136. The number of nitrogens with zero attached hydrogens (tertiary/aromatic N) is 1. The average Bonchev–Trinajstić information content (AvgIpc) is 2.78. The van der Waals surface area contributed by atoms with E-state index in [4.69, 9.17) is 0 Å². The Morgan fingerprint density at radius 3 is 2.48 bits per heavy atom. The molecule has 0 bridgehead atoms. The van der Waals surface area contributed by atoms with Gasteiger partial charge in [-0.3, -0.25) is 20.0 Å². The van der Waals surface area contributed by atoms with Crippen molar-refractivity contribution in [3.05, 3.63) is 90.0 Å². The monoisotopic (exact) mass is 407 g/mol. The number of carbonyl (C=O) groups excluding carboxylic acids is 1. The number of hydrazine groups is 1. The van der Waals surface area contributed by atoms with Crippen molar-refractivity contribution in [1.29, 1.82) is 0 Å². The Kier molecular flexibility index (Phi) is 5.22. The number of fused-ring (bicyclic) bond motifs is 1. The Morgan fingerprint density at radius 2 is 1.66 bits per heavy atom. The second kappa shape index (κ2) is 7.97. The maximum absolute atomic E-state index is 13.3. The molecule has 3 aromatic rings. The Hall–Kier alpha value is -3.32. The summed E-state index contributed by atoms with van der Waals surface area (Å²) in [4.78, 5) is 12.6. The molecule has 0 fully saturated rings. The molecule has 1 aliphatic rings. The molecular formula is C22H21N3O3S. The molecule has 0 radical (unpaired) electrons. The summed E-state index contributed by atoms with van der Waals surface area (Å²) in [5.74, 6) is -0.412. The minimum Gasteiger partial charge on any atom is -0.298 e. The van der Waals surface area contributed by atoms with E-state index in [2.05, 4.69) is 10.9 Å². The SMILES string of the molecule is O=C(NNc1ccccc1)c1cccc(S(=O)(=O)N2CCCc3ccccc32)c1. The number of benzene rings is 3. The lowest BCUT2D eigenvalue weighted by molar-refractivity contribution is 0.0962. The van der Waals surface area contributed by atoms with E-state index in [9.17, 15) is 13.2 Å². The first-order chi connectivity index (χ1) is 14.1. The Morgan fingerprint density at radius 1 is 0.897 bits per heavy atom. The third-order valence-electron chi connectivity index (χ3n) is 4.85. The number of hydrogen-bond donors (Lipinski definition) is 2. The van der Waals surface area contributed by atoms with Crippen LogP contribution in [0.15, 0.2) is 83.8 Å². The Labute approximate surface area is 170 Å². The zero-order chi connectivity index (χ0) is 20.3. The number of amides is 1. The van der Waals surface area contributed by atoms with Gasteiger partial charge in [-0.1, -0.05) is 42.5 Å². The van der Waals surface area contributed by atoms with Crippen LogP contribution in [0.1, 0.15) is 22.3 Å². The average molecular weight is 407 g/mol. The highest BCUT2D eigenvalue weighted by Crippen LogP contribution is 2.31. The van der Waals surface area contributed by atoms with E-state index >= 15 is 0 Å². The number of aryl methyl sites for hydroxylation is 1. The highest BCUT2D eigenvalue weighted by atomic mass is 32.2. The zero-order valence-electron chi connectivity index (χ0n) is 15.7. The summed E-state index contributed by atoms with van der Waals surface area (Å²) in [7, 11) is -3.77. The molecule has 29 heavy (non-hydrogen) atoms. The van der Waals surface area contributed by atoms with E-state index < -0.39 is 15.9 Å². The number of para-hydroxylation sites is 2. The van der Waals surface area contributed by atoms with Crippen molar-refractivity contribution >= 4 is 27.3 Å². The van der Waals surface area contributed by atoms with Crippen molar-refractivity contribution in [2.75, 3.05) is 16.3 Å². The van der Waals surface area contributed by atoms with Crippen LogP contribution in [-0.2, 0) is 16.4 Å². The number of anilines is 2. The molecule has 1 amide bonds. The van der Waals surface area contributed by atoms with E-state index in [1.54, 1.807) is 12.1 Å². The Bertz CT molecular complexity index is 1130. The van der Waals surface area contributed by atoms with E-state index in [0.29, 0.717) is 12.2 Å². The lowest BCUT2D eigenvalue weighted by atomic mass is 10.0. The maximum atomic E-state index is 13.3. The predicted molar refractivity (Wildman–Crippen MR) is 113 cm³/mol. The van der Waals surface area contributed by atoms with E-state index in [-0.39, 0.29) is 10.5 Å². The van der Waals surface area contributed by atoms with Crippen molar-refractivity contribution in [1.82, 2.24) is 5.43 Å². The first-order valence-corrected chi connectivity index (χ1v) is 10.8. The van der Waals surface area contributed by atoms with Crippen molar-refractivity contribution in [2.45, 2.75) is 17.7 Å². The number of hydrogen-bond acceptors (Lipinski definition) is 4. The molecule has 7 heteroatoms. The van der Waals surface area contributed by atoms with Crippen LogP contribution in [-0.4, -0.2) is 20.9 Å². The van der Waals surface area contributed by atoms with Gasteiger partial charge in [0.05, 0.1) is 16.3 Å². The van der Waals surface area contributed by atoms with Crippen LogP contribution in [0, 0.1) is 0 Å². The molecule has 0 spiro atoms. The third-order valence-corrected chi connectivity index (χ3v) is 6.66. The predicted octanol–water partition coefficient (Wildman–Crippen LogP) is 3.59. The number of nitrogens with one attached hydrogen (secondary N) is 2. The third kappa shape index (κ3) is 3.95. The minimum atomic E-state index is -3.77. The molecule has 4 rings (SSSR count). The molecule has 0 unspecified atom stereocenters. The highest BCUT2D eigenvalue weighted by Gasteiger charge is 2.29. The largest absolute Gasteiger partial charge is 0.298 e. The van der Waals surface area contributed by atoms with Crippen molar-refractivity contribution in [3.8, 4) is 0 Å². The van der Waals surface area contributed by atoms with Crippen LogP contribution >= 0.6 is 0 Å². The van der Waals surface area contributed by atoms with Crippen molar-refractivity contribution in [2.24, 2.45) is 0 Å². The molecule has 2 N–H and O–H groups in total. The maximum Gasteiger partial charge on any atom is 0.269 e. The lowest BCUT2D eigenvalue weighted by Crippen LogP contribution is -2.35. The smallest absolute Gasteiger partial charge is 0.269 e. The molecule has 0 saturated carbocycles. The second-order valence-electron chi connectivity index (χ2n) is 6.78. The molecule has 148 valence electrons. The molecule has 1 heterocycles. The molecule has 0 atom stereocenters. The minimum absolute atomic E-state index is 0.0987. The van der Waals surface area contributed by atoms with Gasteiger partial charge < -0.3 is 0 Å². The van der Waals surface area contributed by atoms with Crippen LogP contribution in [0.3, 0.4) is 0 Å². The molecule has 1 aliphatic heterocycles. The zero-order valence-corrected chi connectivity index (χ0v) is 16.5. The van der Waals surface area contributed by atoms with Gasteiger partial charge in [-0.2, -0.15) is 0 Å². The summed E-state index contributed by atoms with van der Waals surface area (Å²) in [6.45, 7) is 0.422. The first-order valence-electron chi connectivity index (χ1n) is 9.38. The summed E-state index contributed by atoms with van der Waals surface area (Å²) >= 11 is 0. The fourth-order valence-corrected chi connectivity index (χ4v) is 4.98. The van der Waals surface area contributed by atoms with Gasteiger partial charge in [0.25, 0.3) is 15.9 Å². The summed E-state index contributed by atoms with van der Waals surface area (Å²) in [5.41, 5.74) is 8.13. The van der Waals surface area contributed by atoms with Crippen LogP contribution in [0.5, 0.6) is 0 Å². The normalized spacial score (nSPS) is 13.4. The van der Waals surface area contributed by atoms with E-state index in [0.717, 1.165) is 24.1 Å². The Balaban J connectivity index is 1.57. The molecular weight excluding hydrogens is 386 g/mol. The van der Waals surface area contributed by atoms with Gasteiger partial charge in [-0.15, -0.1) is 0 Å². The topological polar surface area (TPSA) is 78.5 Å². The van der Waals surface area contributed by atoms with Gasteiger partial charge in [0.2, 0.25) is 0 Å². The summed E-state index contributed by atoms with van der Waals surface area (Å²) < 4.78 is 28.0. The fourth-order valence-electron chi connectivity index (χ4n) is 3.40.